The Hall–Kier alpha value is -2.10. The number of rotatable bonds is 4. The van der Waals surface area contributed by atoms with Crippen LogP contribution >= 0.6 is 11.3 Å². The number of nitrogens with one attached hydrogen (secondary N) is 2. The number of alkyl halides is 3. The van der Waals surface area contributed by atoms with Crippen molar-refractivity contribution < 1.29 is 22.5 Å². The molecule has 0 aromatic carbocycles. The van der Waals surface area contributed by atoms with Gasteiger partial charge in [0.1, 0.15) is 5.01 Å². The lowest BCUT2D eigenvalue weighted by Gasteiger charge is -2.14. The second-order valence-corrected chi connectivity index (χ2v) is 5.35. The third-order valence-corrected chi connectivity index (χ3v) is 3.65. The van der Waals surface area contributed by atoms with E-state index in [1.165, 1.54) is 6.07 Å². The first kappa shape index (κ1) is 16.3. The van der Waals surface area contributed by atoms with Crippen LogP contribution in [0.5, 0.6) is 0 Å². The van der Waals surface area contributed by atoms with Gasteiger partial charge in [0, 0.05) is 11.4 Å². The van der Waals surface area contributed by atoms with E-state index in [-0.39, 0.29) is 10.9 Å². The molecule has 6 nitrogen and oxygen atoms in total. The van der Waals surface area contributed by atoms with Gasteiger partial charge in [-0.05, 0) is 13.3 Å². The highest BCUT2D eigenvalue weighted by molar-refractivity contribution is 7.09. The summed E-state index contributed by atoms with van der Waals surface area (Å²) >= 11 is 0.852. The lowest BCUT2D eigenvalue weighted by atomic mass is 10.2. The average Bonchev–Trinajstić information content (AvgIpc) is 3.04. The quantitative estimate of drug-likeness (QED) is 0.893. The summed E-state index contributed by atoms with van der Waals surface area (Å²) in [6.07, 6.45) is -4.10. The van der Waals surface area contributed by atoms with E-state index in [0.717, 1.165) is 16.7 Å². The molecule has 0 aliphatic rings. The number of nitrogens with zero attached hydrogens (tertiary/aromatic N) is 2. The van der Waals surface area contributed by atoms with Crippen LogP contribution in [0.3, 0.4) is 0 Å². The molecule has 22 heavy (non-hydrogen) atoms. The van der Waals surface area contributed by atoms with Gasteiger partial charge in [-0.15, -0.1) is 11.3 Å². The highest BCUT2D eigenvalue weighted by Gasteiger charge is 2.34. The zero-order chi connectivity index (χ0) is 16.3. The normalized spacial score (nSPS) is 13.0. The Balaban J connectivity index is 2.02. The van der Waals surface area contributed by atoms with E-state index in [2.05, 4.69) is 20.8 Å². The number of anilines is 1. The standard InChI is InChI=1S/C12H13F3N4O2S/c1-3-7(10-17-8(5-22-10)12(13,14)15)16-11(20)18-9-4-6(2)19-21-9/h4-5,7H,3H2,1-2H3,(H2,16,18,20)/t7-/m1/s1. The second kappa shape index (κ2) is 6.34. The number of thiazole rings is 1. The van der Waals surface area contributed by atoms with Gasteiger partial charge in [0.25, 0.3) is 0 Å². The van der Waals surface area contributed by atoms with E-state index in [1.54, 1.807) is 13.8 Å². The number of urea groups is 1. The van der Waals surface area contributed by atoms with Crippen LogP contribution in [0.25, 0.3) is 0 Å². The second-order valence-electron chi connectivity index (χ2n) is 4.46. The molecule has 2 N–H and O–H groups in total. The van der Waals surface area contributed by atoms with Gasteiger partial charge in [0.05, 0.1) is 11.7 Å². The van der Waals surface area contributed by atoms with Gasteiger partial charge in [0.2, 0.25) is 5.88 Å². The van der Waals surface area contributed by atoms with Crippen LogP contribution in [0.4, 0.5) is 23.8 Å². The van der Waals surface area contributed by atoms with E-state index >= 15 is 0 Å². The molecule has 120 valence electrons. The van der Waals surface area contributed by atoms with Crippen molar-refractivity contribution in [2.24, 2.45) is 0 Å². The van der Waals surface area contributed by atoms with E-state index in [9.17, 15) is 18.0 Å². The first-order valence-corrected chi connectivity index (χ1v) is 7.21. The van der Waals surface area contributed by atoms with Crippen LogP contribution < -0.4 is 10.6 Å². The summed E-state index contributed by atoms with van der Waals surface area (Å²) in [4.78, 5) is 15.3. The SMILES string of the molecule is CC[C@@H](NC(=O)Nc1cc(C)no1)c1nc(C(F)(F)F)cs1. The van der Waals surface area contributed by atoms with Crippen molar-refractivity contribution in [1.82, 2.24) is 15.5 Å². The van der Waals surface area contributed by atoms with Gasteiger partial charge in [-0.3, -0.25) is 5.32 Å². The van der Waals surface area contributed by atoms with Crippen LogP contribution in [0, 0.1) is 6.92 Å². The van der Waals surface area contributed by atoms with Crippen molar-refractivity contribution in [1.29, 1.82) is 0 Å². The number of carbonyl (C=O) groups is 1. The third-order valence-electron chi connectivity index (χ3n) is 2.69. The topological polar surface area (TPSA) is 80.0 Å². The van der Waals surface area contributed by atoms with Gasteiger partial charge >= 0.3 is 12.2 Å². The lowest BCUT2D eigenvalue weighted by molar-refractivity contribution is -0.140. The van der Waals surface area contributed by atoms with Crippen LogP contribution in [0.15, 0.2) is 16.0 Å². The summed E-state index contributed by atoms with van der Waals surface area (Å²) in [6.45, 7) is 3.42. The first-order chi connectivity index (χ1) is 10.3. The molecule has 0 fully saturated rings. The fourth-order valence-electron chi connectivity index (χ4n) is 1.65. The highest BCUT2D eigenvalue weighted by atomic mass is 32.1. The first-order valence-electron chi connectivity index (χ1n) is 6.33. The minimum absolute atomic E-state index is 0.153. The molecule has 10 heteroatoms. The molecule has 2 aromatic rings. The van der Waals surface area contributed by atoms with E-state index in [4.69, 9.17) is 4.52 Å². The van der Waals surface area contributed by atoms with Gasteiger partial charge in [-0.2, -0.15) is 13.2 Å². The number of amides is 2. The van der Waals surface area contributed by atoms with Gasteiger partial charge in [-0.1, -0.05) is 12.1 Å². The molecule has 2 aromatic heterocycles. The molecular weight excluding hydrogens is 321 g/mol. The third kappa shape index (κ3) is 3.97. The molecular formula is C12H13F3N4O2S. The largest absolute Gasteiger partial charge is 0.434 e. The fraction of sp³-hybridized carbons (Fsp3) is 0.417. The van der Waals surface area contributed by atoms with Crippen LogP contribution in [0.1, 0.15) is 35.8 Å². The van der Waals surface area contributed by atoms with Crippen molar-refractivity contribution in [3.8, 4) is 0 Å². The molecule has 0 aliphatic carbocycles. The van der Waals surface area contributed by atoms with Crippen molar-refractivity contribution in [3.05, 3.63) is 27.8 Å². The van der Waals surface area contributed by atoms with E-state index < -0.39 is 23.9 Å². The van der Waals surface area contributed by atoms with Crippen LogP contribution in [-0.4, -0.2) is 16.2 Å². The zero-order valence-electron chi connectivity index (χ0n) is 11.7. The number of hydrogen-bond donors (Lipinski definition) is 2. The number of hydrogen-bond acceptors (Lipinski definition) is 5. The fourth-order valence-corrected chi connectivity index (χ4v) is 2.60. The number of halogens is 3. The summed E-state index contributed by atoms with van der Waals surface area (Å²) in [7, 11) is 0. The van der Waals surface area contributed by atoms with Crippen molar-refractivity contribution >= 4 is 23.3 Å². The molecule has 0 aliphatic heterocycles. The molecule has 0 unspecified atom stereocenters. The Morgan fingerprint density at radius 2 is 2.23 bits per heavy atom. The Labute approximate surface area is 127 Å². The number of carbonyl (C=O) groups excluding carboxylic acids is 1. The minimum atomic E-state index is -4.49. The van der Waals surface area contributed by atoms with Crippen molar-refractivity contribution in [2.45, 2.75) is 32.5 Å². The van der Waals surface area contributed by atoms with Crippen molar-refractivity contribution in [2.75, 3.05) is 5.32 Å². The molecule has 0 radical (unpaired) electrons. The monoisotopic (exact) mass is 334 g/mol. The lowest BCUT2D eigenvalue weighted by Crippen LogP contribution is -2.32. The molecule has 2 heterocycles. The molecule has 1 atom stereocenters. The average molecular weight is 334 g/mol. The maximum atomic E-state index is 12.5. The molecule has 2 amide bonds. The van der Waals surface area contributed by atoms with Gasteiger partial charge in [-0.25, -0.2) is 9.78 Å². The Kier molecular flexibility index (Phi) is 4.69. The molecule has 0 spiro atoms. The Bertz CT molecular complexity index is 653. The predicted octanol–water partition coefficient (Wildman–Crippen LogP) is 3.73. The van der Waals surface area contributed by atoms with Crippen molar-refractivity contribution in [3.63, 3.8) is 0 Å². The Morgan fingerprint density at radius 3 is 2.73 bits per heavy atom. The minimum Gasteiger partial charge on any atom is -0.338 e. The molecule has 0 saturated heterocycles. The number of aryl methyl sites for hydroxylation is 1. The maximum Gasteiger partial charge on any atom is 0.434 e. The summed E-state index contributed by atoms with van der Waals surface area (Å²) < 4.78 is 42.5. The number of aromatic nitrogens is 2. The summed E-state index contributed by atoms with van der Waals surface area (Å²) in [6, 6.07) is 0.294. The smallest absolute Gasteiger partial charge is 0.338 e. The summed E-state index contributed by atoms with van der Waals surface area (Å²) in [5, 5.41) is 9.68. The Morgan fingerprint density at radius 1 is 1.50 bits per heavy atom. The maximum absolute atomic E-state index is 12.5. The van der Waals surface area contributed by atoms with Crippen LogP contribution in [-0.2, 0) is 6.18 Å². The zero-order valence-corrected chi connectivity index (χ0v) is 12.5. The summed E-state index contributed by atoms with van der Waals surface area (Å²) in [5.41, 5.74) is -0.365. The van der Waals surface area contributed by atoms with E-state index in [0.29, 0.717) is 12.1 Å². The highest BCUT2D eigenvalue weighted by Crippen LogP contribution is 2.32. The van der Waals surface area contributed by atoms with E-state index in [1.807, 2.05) is 0 Å². The molecule has 2 rings (SSSR count). The van der Waals surface area contributed by atoms with Crippen LogP contribution in [0.2, 0.25) is 0 Å². The molecule has 0 bridgehead atoms. The van der Waals surface area contributed by atoms with Gasteiger partial charge in [0.15, 0.2) is 5.69 Å². The molecule has 0 saturated carbocycles. The predicted molar refractivity (Wildman–Crippen MR) is 73.5 cm³/mol. The summed E-state index contributed by atoms with van der Waals surface area (Å²) in [5.74, 6) is 0.153. The van der Waals surface area contributed by atoms with Gasteiger partial charge < -0.3 is 9.84 Å².